The fourth-order valence-corrected chi connectivity index (χ4v) is 1.18. The van der Waals surface area contributed by atoms with Gasteiger partial charge in [0, 0.05) is 0 Å². The molecule has 0 saturated heterocycles. The number of aliphatic hydroxyl groups excluding tert-OH is 1. The average Bonchev–Trinajstić information content (AvgIpc) is 2.16. The number of aliphatic hydroxyl groups is 1. The fraction of sp³-hybridized carbons (Fsp3) is 0.455. The molecule has 2 heteroatoms. The number of benzene rings is 1. The zero-order chi connectivity index (χ0) is 8.81. The minimum Gasteiger partial charge on any atom is -0.393 e. The first-order valence-electron chi connectivity index (χ1n) is 4.55. The van der Waals surface area contributed by atoms with E-state index in [2.05, 4.69) is 12.1 Å². The molecule has 1 aromatic rings. The van der Waals surface area contributed by atoms with Crippen LogP contribution in [0.25, 0.3) is 0 Å². The van der Waals surface area contributed by atoms with Crippen molar-refractivity contribution < 1.29 is 5.11 Å². The van der Waals surface area contributed by atoms with Gasteiger partial charge in [0.15, 0.2) is 0 Å². The van der Waals surface area contributed by atoms with Crippen molar-refractivity contribution in [2.24, 2.45) is 0 Å². The van der Waals surface area contributed by atoms with Crippen molar-refractivity contribution in [2.75, 3.05) is 0 Å². The second kappa shape index (κ2) is 6.63. The third-order valence-electron chi connectivity index (χ3n) is 2.08. The zero-order valence-corrected chi connectivity index (χ0v) is 8.24. The third kappa shape index (κ3) is 4.65. The van der Waals surface area contributed by atoms with Gasteiger partial charge in [-0.2, -0.15) is 0 Å². The van der Waals surface area contributed by atoms with Crippen LogP contribution >= 0.6 is 0 Å². The maximum atomic E-state index is 9.32. The highest BCUT2D eigenvalue weighted by Crippen LogP contribution is 2.06. The van der Waals surface area contributed by atoms with Gasteiger partial charge in [-0.15, -0.1) is 0 Å². The van der Waals surface area contributed by atoms with E-state index in [-0.39, 0.29) is 12.3 Å². The molecule has 0 aliphatic carbocycles. The van der Waals surface area contributed by atoms with Crippen molar-refractivity contribution in [2.45, 2.75) is 32.3 Å². The van der Waals surface area contributed by atoms with Gasteiger partial charge in [-0.05, 0) is 24.8 Å². The zero-order valence-electron chi connectivity index (χ0n) is 8.24. The minimum atomic E-state index is -0.134. The summed E-state index contributed by atoms with van der Waals surface area (Å²) in [5.41, 5.74) is 1.31. The number of aryl methyl sites for hydroxylation is 1. The number of rotatable bonds is 4. The number of hydrogen-bond acceptors (Lipinski definition) is 2. The Morgan fingerprint density at radius 3 is 2.38 bits per heavy atom. The molecular weight excluding hydrogens is 162 g/mol. The van der Waals surface area contributed by atoms with Crippen LogP contribution < -0.4 is 6.15 Å². The maximum absolute atomic E-state index is 9.32. The van der Waals surface area contributed by atoms with Gasteiger partial charge in [0.2, 0.25) is 0 Å². The largest absolute Gasteiger partial charge is 0.393 e. The first kappa shape index (κ1) is 12.1. The van der Waals surface area contributed by atoms with Crippen LogP contribution in [-0.4, -0.2) is 11.2 Å². The summed E-state index contributed by atoms with van der Waals surface area (Å²) in [7, 11) is 0. The molecule has 0 aliphatic heterocycles. The van der Waals surface area contributed by atoms with Gasteiger partial charge in [-0.1, -0.05) is 37.3 Å². The highest BCUT2D eigenvalue weighted by atomic mass is 16.3. The van der Waals surface area contributed by atoms with Crippen molar-refractivity contribution in [1.82, 2.24) is 6.15 Å². The van der Waals surface area contributed by atoms with Crippen LogP contribution in [0.4, 0.5) is 0 Å². The predicted molar refractivity (Wildman–Crippen MR) is 56.1 cm³/mol. The minimum absolute atomic E-state index is 0. The molecule has 0 saturated carbocycles. The van der Waals surface area contributed by atoms with Crippen molar-refractivity contribution >= 4 is 0 Å². The molecule has 0 heterocycles. The highest BCUT2D eigenvalue weighted by molar-refractivity contribution is 5.14. The standard InChI is InChI=1S/C11H16O.H3N/c1-2-11(12)9-8-10-6-4-3-5-7-10;/h3-7,11-12H,2,8-9H2,1H3;1H3. The van der Waals surface area contributed by atoms with Crippen molar-refractivity contribution in [3.63, 3.8) is 0 Å². The Morgan fingerprint density at radius 1 is 1.23 bits per heavy atom. The predicted octanol–water partition coefficient (Wildman–Crippen LogP) is 2.55. The summed E-state index contributed by atoms with van der Waals surface area (Å²) in [5, 5.41) is 9.32. The molecule has 1 atom stereocenters. The van der Waals surface area contributed by atoms with E-state index < -0.39 is 0 Å². The van der Waals surface area contributed by atoms with E-state index >= 15 is 0 Å². The normalized spacial score (nSPS) is 11.8. The molecule has 2 nitrogen and oxygen atoms in total. The van der Waals surface area contributed by atoms with Crippen LogP contribution in [-0.2, 0) is 6.42 Å². The molecule has 0 aromatic heterocycles. The van der Waals surface area contributed by atoms with Gasteiger partial charge >= 0.3 is 0 Å². The Kier molecular flexibility index (Phi) is 6.20. The lowest BCUT2D eigenvalue weighted by molar-refractivity contribution is 0.160. The van der Waals surface area contributed by atoms with E-state index in [1.807, 2.05) is 25.1 Å². The summed E-state index contributed by atoms with van der Waals surface area (Å²) >= 11 is 0. The Hall–Kier alpha value is -0.860. The smallest absolute Gasteiger partial charge is 0.0540 e. The fourth-order valence-electron chi connectivity index (χ4n) is 1.18. The Morgan fingerprint density at radius 2 is 1.85 bits per heavy atom. The lowest BCUT2D eigenvalue weighted by Crippen LogP contribution is -2.05. The molecular formula is C11H19NO. The molecule has 0 spiro atoms. The van der Waals surface area contributed by atoms with Crippen LogP contribution in [0.1, 0.15) is 25.3 Å². The Balaban J connectivity index is 0.00000144. The molecule has 0 aliphatic rings. The lowest BCUT2D eigenvalue weighted by atomic mass is 10.1. The third-order valence-corrected chi connectivity index (χ3v) is 2.08. The lowest BCUT2D eigenvalue weighted by Gasteiger charge is -2.06. The van der Waals surface area contributed by atoms with Crippen molar-refractivity contribution in [1.29, 1.82) is 0 Å². The Labute approximate surface area is 80.2 Å². The van der Waals surface area contributed by atoms with Crippen LogP contribution in [0.15, 0.2) is 30.3 Å². The van der Waals surface area contributed by atoms with Gasteiger partial charge in [0.25, 0.3) is 0 Å². The monoisotopic (exact) mass is 181 g/mol. The first-order chi connectivity index (χ1) is 5.83. The molecule has 74 valence electrons. The molecule has 13 heavy (non-hydrogen) atoms. The quantitative estimate of drug-likeness (QED) is 0.750. The second-order valence-corrected chi connectivity index (χ2v) is 3.09. The maximum Gasteiger partial charge on any atom is 0.0540 e. The van der Waals surface area contributed by atoms with Gasteiger partial charge in [0.05, 0.1) is 6.10 Å². The van der Waals surface area contributed by atoms with Gasteiger partial charge in [-0.25, -0.2) is 0 Å². The van der Waals surface area contributed by atoms with E-state index in [1.165, 1.54) is 5.56 Å². The van der Waals surface area contributed by atoms with E-state index in [0.29, 0.717) is 0 Å². The first-order valence-corrected chi connectivity index (χ1v) is 4.55. The van der Waals surface area contributed by atoms with Crippen LogP contribution in [0.3, 0.4) is 0 Å². The summed E-state index contributed by atoms with van der Waals surface area (Å²) in [6.45, 7) is 2.01. The topological polar surface area (TPSA) is 55.2 Å². The molecule has 0 amide bonds. The van der Waals surface area contributed by atoms with E-state index in [0.717, 1.165) is 19.3 Å². The van der Waals surface area contributed by atoms with Crippen LogP contribution in [0.5, 0.6) is 0 Å². The number of hydrogen-bond donors (Lipinski definition) is 2. The summed E-state index contributed by atoms with van der Waals surface area (Å²) in [6, 6.07) is 10.3. The van der Waals surface area contributed by atoms with E-state index in [1.54, 1.807) is 0 Å². The molecule has 1 unspecified atom stereocenters. The molecule has 4 N–H and O–H groups in total. The average molecular weight is 181 g/mol. The molecule has 0 fully saturated rings. The van der Waals surface area contributed by atoms with Crippen LogP contribution in [0.2, 0.25) is 0 Å². The highest BCUT2D eigenvalue weighted by Gasteiger charge is 2.00. The van der Waals surface area contributed by atoms with Gasteiger partial charge < -0.3 is 11.3 Å². The molecule has 0 radical (unpaired) electrons. The van der Waals surface area contributed by atoms with Gasteiger partial charge in [-0.3, -0.25) is 0 Å². The SMILES string of the molecule is CCC(O)CCc1ccccc1.N. The molecule has 1 rings (SSSR count). The molecule has 1 aromatic carbocycles. The molecule has 0 bridgehead atoms. The summed E-state index contributed by atoms with van der Waals surface area (Å²) in [6.07, 6.45) is 2.58. The summed E-state index contributed by atoms with van der Waals surface area (Å²) in [4.78, 5) is 0. The van der Waals surface area contributed by atoms with Crippen molar-refractivity contribution in [3.05, 3.63) is 35.9 Å². The van der Waals surface area contributed by atoms with E-state index in [9.17, 15) is 5.11 Å². The summed E-state index contributed by atoms with van der Waals surface area (Å²) < 4.78 is 0. The second-order valence-electron chi connectivity index (χ2n) is 3.09. The van der Waals surface area contributed by atoms with Gasteiger partial charge in [0.1, 0.15) is 0 Å². The summed E-state index contributed by atoms with van der Waals surface area (Å²) in [5.74, 6) is 0. The van der Waals surface area contributed by atoms with Crippen LogP contribution in [0, 0.1) is 0 Å². The van der Waals surface area contributed by atoms with E-state index in [4.69, 9.17) is 0 Å². The Bertz CT molecular complexity index is 211. The van der Waals surface area contributed by atoms with Crippen molar-refractivity contribution in [3.8, 4) is 0 Å².